The minimum absolute atomic E-state index is 0.0185. The van der Waals surface area contributed by atoms with Crippen LogP contribution in [0.25, 0.3) is 0 Å². The van der Waals surface area contributed by atoms with Crippen molar-refractivity contribution >= 4 is 11.4 Å². The van der Waals surface area contributed by atoms with Gasteiger partial charge < -0.3 is 9.47 Å². The molecular formula is C23H19N3O4. The van der Waals surface area contributed by atoms with Gasteiger partial charge in [0.25, 0.3) is 5.69 Å². The Morgan fingerprint density at radius 1 is 1.10 bits per heavy atom. The number of fused-ring (bicyclic) bond motifs is 3. The van der Waals surface area contributed by atoms with E-state index < -0.39 is 11.2 Å². The van der Waals surface area contributed by atoms with Crippen LogP contribution in [0.2, 0.25) is 0 Å². The van der Waals surface area contributed by atoms with Gasteiger partial charge >= 0.3 is 0 Å². The van der Waals surface area contributed by atoms with Crippen molar-refractivity contribution in [2.24, 2.45) is 5.10 Å². The predicted molar refractivity (Wildman–Crippen MR) is 112 cm³/mol. The SMILES string of the molecule is COc1cccc2c1O[C@@H](c1cccc([N+](=O)[O-])c1)N1N=C(c3ccccc3)C[C@H]21. The Hall–Kier alpha value is -3.87. The van der Waals surface area contributed by atoms with E-state index in [1.807, 2.05) is 59.6 Å². The zero-order chi connectivity index (χ0) is 20.7. The first kappa shape index (κ1) is 18.2. The Labute approximate surface area is 173 Å². The first-order valence-corrected chi connectivity index (χ1v) is 9.65. The van der Waals surface area contributed by atoms with Crippen LogP contribution >= 0.6 is 0 Å². The highest BCUT2D eigenvalue weighted by Crippen LogP contribution is 2.50. The molecule has 2 aliphatic rings. The largest absolute Gasteiger partial charge is 0.493 e. The molecule has 7 heteroatoms. The second-order valence-corrected chi connectivity index (χ2v) is 7.21. The molecule has 5 rings (SSSR count). The molecule has 30 heavy (non-hydrogen) atoms. The molecule has 7 nitrogen and oxygen atoms in total. The molecule has 0 amide bonds. The van der Waals surface area contributed by atoms with E-state index in [9.17, 15) is 10.1 Å². The molecule has 0 saturated carbocycles. The lowest BCUT2D eigenvalue weighted by molar-refractivity contribution is -0.385. The van der Waals surface area contributed by atoms with Gasteiger partial charge in [0.1, 0.15) is 0 Å². The fourth-order valence-electron chi connectivity index (χ4n) is 4.06. The van der Waals surface area contributed by atoms with Crippen molar-refractivity contribution < 1.29 is 14.4 Å². The molecule has 2 atom stereocenters. The van der Waals surface area contributed by atoms with Crippen LogP contribution in [0.15, 0.2) is 77.9 Å². The number of ether oxygens (including phenoxy) is 2. The van der Waals surface area contributed by atoms with Crippen LogP contribution in [0.5, 0.6) is 11.5 Å². The van der Waals surface area contributed by atoms with Gasteiger partial charge in [-0.25, -0.2) is 5.01 Å². The van der Waals surface area contributed by atoms with Crippen molar-refractivity contribution in [2.75, 3.05) is 7.11 Å². The first-order valence-electron chi connectivity index (χ1n) is 9.65. The smallest absolute Gasteiger partial charge is 0.269 e. The van der Waals surface area contributed by atoms with Gasteiger partial charge in [-0.15, -0.1) is 0 Å². The van der Waals surface area contributed by atoms with Gasteiger partial charge in [-0.3, -0.25) is 10.1 Å². The van der Waals surface area contributed by atoms with E-state index in [1.165, 1.54) is 12.1 Å². The molecule has 0 radical (unpaired) electrons. The zero-order valence-electron chi connectivity index (χ0n) is 16.3. The second kappa shape index (κ2) is 7.18. The van der Waals surface area contributed by atoms with Gasteiger partial charge in [-0.2, -0.15) is 5.10 Å². The number of nitrogens with zero attached hydrogens (tertiary/aromatic N) is 3. The van der Waals surface area contributed by atoms with Crippen LogP contribution < -0.4 is 9.47 Å². The van der Waals surface area contributed by atoms with Crippen molar-refractivity contribution in [3.8, 4) is 11.5 Å². The number of benzene rings is 3. The Kier molecular flexibility index (Phi) is 4.35. The summed E-state index contributed by atoms with van der Waals surface area (Å²) in [5, 5.41) is 18.1. The highest BCUT2D eigenvalue weighted by molar-refractivity contribution is 6.01. The number of nitro groups is 1. The maximum atomic E-state index is 11.3. The summed E-state index contributed by atoms with van der Waals surface area (Å²) in [4.78, 5) is 10.9. The summed E-state index contributed by atoms with van der Waals surface area (Å²) in [5.74, 6) is 1.29. The number of methoxy groups -OCH3 is 1. The summed E-state index contributed by atoms with van der Waals surface area (Å²) < 4.78 is 11.9. The summed E-state index contributed by atoms with van der Waals surface area (Å²) in [6.45, 7) is 0. The number of hydrogen-bond acceptors (Lipinski definition) is 6. The van der Waals surface area contributed by atoms with Crippen LogP contribution in [0, 0.1) is 10.1 Å². The molecule has 0 unspecified atom stereocenters. The molecule has 0 fully saturated rings. The summed E-state index contributed by atoms with van der Waals surface area (Å²) >= 11 is 0. The van der Waals surface area contributed by atoms with E-state index in [0.29, 0.717) is 23.5 Å². The van der Waals surface area contributed by atoms with E-state index in [2.05, 4.69) is 0 Å². The monoisotopic (exact) mass is 401 g/mol. The van der Waals surface area contributed by atoms with Crippen LogP contribution in [-0.2, 0) is 0 Å². The molecule has 0 spiro atoms. The molecular weight excluding hydrogens is 382 g/mol. The molecule has 0 aromatic heterocycles. The number of non-ortho nitro benzene ring substituents is 1. The maximum Gasteiger partial charge on any atom is 0.269 e. The number of nitro benzene ring substituents is 1. The van der Waals surface area contributed by atoms with Crippen molar-refractivity contribution in [3.05, 3.63) is 99.6 Å². The summed E-state index contributed by atoms with van der Waals surface area (Å²) in [7, 11) is 1.61. The summed E-state index contributed by atoms with van der Waals surface area (Å²) in [5.41, 5.74) is 3.68. The summed E-state index contributed by atoms with van der Waals surface area (Å²) in [6.07, 6.45) is 0.110. The predicted octanol–water partition coefficient (Wildman–Crippen LogP) is 4.85. The van der Waals surface area contributed by atoms with Crippen molar-refractivity contribution in [2.45, 2.75) is 18.7 Å². The minimum Gasteiger partial charge on any atom is -0.493 e. The van der Waals surface area contributed by atoms with Crippen molar-refractivity contribution in [3.63, 3.8) is 0 Å². The van der Waals surface area contributed by atoms with Crippen LogP contribution in [0.1, 0.15) is 35.4 Å². The van der Waals surface area contributed by atoms with Crippen LogP contribution in [-0.4, -0.2) is 22.8 Å². The Morgan fingerprint density at radius 2 is 1.90 bits per heavy atom. The zero-order valence-corrected chi connectivity index (χ0v) is 16.3. The maximum absolute atomic E-state index is 11.3. The Balaban J connectivity index is 1.63. The third kappa shape index (κ3) is 2.95. The number of rotatable bonds is 4. The molecule has 2 aliphatic heterocycles. The van der Waals surface area contributed by atoms with Gasteiger partial charge in [0.2, 0.25) is 6.23 Å². The van der Waals surface area contributed by atoms with Gasteiger partial charge in [0.05, 0.1) is 23.8 Å². The third-order valence-corrected chi connectivity index (χ3v) is 5.47. The molecule has 0 N–H and O–H groups in total. The topological polar surface area (TPSA) is 77.2 Å². The van der Waals surface area contributed by atoms with E-state index in [1.54, 1.807) is 13.2 Å². The van der Waals surface area contributed by atoms with Crippen LogP contribution in [0.4, 0.5) is 5.69 Å². The van der Waals surface area contributed by atoms with Gasteiger partial charge in [0.15, 0.2) is 11.5 Å². The van der Waals surface area contributed by atoms with Crippen LogP contribution in [0.3, 0.4) is 0 Å². The van der Waals surface area contributed by atoms with E-state index in [-0.39, 0.29) is 11.7 Å². The van der Waals surface area contributed by atoms with E-state index in [0.717, 1.165) is 16.8 Å². The van der Waals surface area contributed by atoms with Crippen molar-refractivity contribution in [1.82, 2.24) is 5.01 Å². The molecule has 0 bridgehead atoms. The van der Waals surface area contributed by atoms with Crippen molar-refractivity contribution in [1.29, 1.82) is 0 Å². The quantitative estimate of drug-likeness (QED) is 0.462. The standard InChI is InChI=1S/C23H19N3O4/c1-29-21-12-6-11-18-20-14-19(15-7-3-2-4-8-15)24-25(20)23(30-22(18)21)16-9-5-10-17(13-16)26(27)28/h2-13,20,23H,14H2,1H3/t20-,23+/m1/s1. The second-order valence-electron chi connectivity index (χ2n) is 7.21. The fourth-order valence-corrected chi connectivity index (χ4v) is 4.06. The Bertz CT molecular complexity index is 1150. The molecule has 2 heterocycles. The van der Waals surface area contributed by atoms with Gasteiger partial charge in [0, 0.05) is 29.7 Å². The number of para-hydroxylation sites is 1. The number of hydrazone groups is 1. The molecule has 150 valence electrons. The number of hydrogen-bond donors (Lipinski definition) is 0. The minimum atomic E-state index is -0.597. The average Bonchev–Trinajstić information content (AvgIpc) is 3.24. The molecule has 0 saturated heterocycles. The molecule has 3 aromatic rings. The highest BCUT2D eigenvalue weighted by atomic mass is 16.6. The molecule has 0 aliphatic carbocycles. The lowest BCUT2D eigenvalue weighted by Gasteiger charge is -2.38. The molecule has 3 aromatic carbocycles. The van der Waals surface area contributed by atoms with E-state index >= 15 is 0 Å². The summed E-state index contributed by atoms with van der Waals surface area (Å²) in [6, 6.07) is 22.3. The Morgan fingerprint density at radius 3 is 2.67 bits per heavy atom. The normalized spacial score (nSPS) is 19.4. The fraction of sp³-hybridized carbons (Fsp3) is 0.174. The third-order valence-electron chi connectivity index (χ3n) is 5.47. The lowest BCUT2D eigenvalue weighted by Crippen LogP contribution is -2.33. The van der Waals surface area contributed by atoms with Gasteiger partial charge in [-0.1, -0.05) is 54.6 Å². The van der Waals surface area contributed by atoms with E-state index in [4.69, 9.17) is 14.6 Å². The van der Waals surface area contributed by atoms with Gasteiger partial charge in [-0.05, 0) is 11.6 Å². The highest BCUT2D eigenvalue weighted by Gasteiger charge is 2.42. The average molecular weight is 401 g/mol. The first-order chi connectivity index (χ1) is 14.7. The lowest BCUT2D eigenvalue weighted by atomic mass is 9.95.